The molecule has 1 aromatic heterocycles. The highest BCUT2D eigenvalue weighted by Crippen LogP contribution is 2.27. The molecule has 1 fully saturated rings. The normalized spacial score (nSPS) is 24.7. The van der Waals surface area contributed by atoms with Crippen molar-refractivity contribution >= 4 is 33.3 Å². The molecule has 5 heteroatoms. The van der Waals surface area contributed by atoms with Crippen molar-refractivity contribution in [2.45, 2.75) is 18.9 Å². The van der Waals surface area contributed by atoms with E-state index in [0.717, 1.165) is 29.7 Å². The maximum Gasteiger partial charge on any atom is 0.144 e. The van der Waals surface area contributed by atoms with E-state index in [1.807, 2.05) is 6.07 Å². The minimum absolute atomic E-state index is 0.394. The zero-order valence-corrected chi connectivity index (χ0v) is 10.6. The summed E-state index contributed by atoms with van der Waals surface area (Å²) in [6, 6.07) is 2.23. The van der Waals surface area contributed by atoms with E-state index in [4.69, 9.17) is 17.3 Å². The van der Waals surface area contributed by atoms with Gasteiger partial charge in [-0.2, -0.15) is 0 Å². The van der Waals surface area contributed by atoms with E-state index in [9.17, 15) is 0 Å². The Morgan fingerprint density at radius 1 is 1.60 bits per heavy atom. The Balaban J connectivity index is 1.88. The molecule has 3 N–H and O–H groups in total. The molecule has 0 radical (unpaired) electrons. The first-order chi connectivity index (χ1) is 7.15. The van der Waals surface area contributed by atoms with Crippen LogP contribution < -0.4 is 11.1 Å². The molecule has 15 heavy (non-hydrogen) atoms. The van der Waals surface area contributed by atoms with Gasteiger partial charge in [0.25, 0.3) is 0 Å². The molecule has 0 atom stereocenters. The molecule has 82 valence electrons. The van der Waals surface area contributed by atoms with Crippen LogP contribution in [0.15, 0.2) is 16.7 Å². The lowest BCUT2D eigenvalue weighted by Crippen LogP contribution is -2.39. The fraction of sp³-hybridized carbons (Fsp3) is 0.500. The summed E-state index contributed by atoms with van der Waals surface area (Å²) in [7, 11) is 0. The highest BCUT2D eigenvalue weighted by molar-refractivity contribution is 9.10. The van der Waals surface area contributed by atoms with Crippen LogP contribution in [0, 0.1) is 5.92 Å². The van der Waals surface area contributed by atoms with Crippen molar-refractivity contribution in [2.24, 2.45) is 11.7 Å². The Kier molecular flexibility index (Phi) is 3.49. The van der Waals surface area contributed by atoms with Crippen LogP contribution in [0.5, 0.6) is 0 Å². The Hall–Kier alpha value is -0.320. The van der Waals surface area contributed by atoms with Crippen molar-refractivity contribution in [3.8, 4) is 0 Å². The molecule has 0 aromatic carbocycles. The second-order valence-electron chi connectivity index (χ2n) is 3.96. The van der Waals surface area contributed by atoms with E-state index in [-0.39, 0.29) is 0 Å². The van der Waals surface area contributed by atoms with Crippen molar-refractivity contribution in [3.05, 3.63) is 21.8 Å². The molecular weight excluding hydrogens is 277 g/mol. The van der Waals surface area contributed by atoms with Gasteiger partial charge in [0.2, 0.25) is 0 Å². The summed E-state index contributed by atoms with van der Waals surface area (Å²) >= 11 is 9.34. The Morgan fingerprint density at radius 2 is 2.33 bits per heavy atom. The molecule has 1 saturated carbocycles. The van der Waals surface area contributed by atoms with E-state index < -0.39 is 0 Å². The Bertz CT molecular complexity index is 353. The molecule has 1 aliphatic rings. The topological polar surface area (TPSA) is 50.9 Å². The van der Waals surface area contributed by atoms with E-state index in [0.29, 0.717) is 17.0 Å². The highest BCUT2D eigenvalue weighted by atomic mass is 79.9. The van der Waals surface area contributed by atoms with Crippen LogP contribution in [0.2, 0.25) is 5.02 Å². The van der Waals surface area contributed by atoms with Crippen molar-refractivity contribution in [1.82, 2.24) is 4.98 Å². The highest BCUT2D eigenvalue weighted by Gasteiger charge is 2.25. The largest absolute Gasteiger partial charge is 0.369 e. The van der Waals surface area contributed by atoms with Crippen LogP contribution in [0.4, 0.5) is 5.82 Å². The second-order valence-corrected chi connectivity index (χ2v) is 5.29. The molecule has 0 saturated heterocycles. The lowest BCUT2D eigenvalue weighted by molar-refractivity contribution is 0.280. The van der Waals surface area contributed by atoms with Crippen LogP contribution in [0.1, 0.15) is 12.8 Å². The summed E-state index contributed by atoms with van der Waals surface area (Å²) in [6.45, 7) is 0.905. The SMILES string of the molecule is NC1CC(CNc2ncc(Br)cc2Cl)C1. The summed E-state index contributed by atoms with van der Waals surface area (Å²) in [5, 5.41) is 3.89. The predicted molar refractivity (Wildman–Crippen MR) is 66.1 cm³/mol. The number of anilines is 1. The van der Waals surface area contributed by atoms with E-state index in [1.165, 1.54) is 0 Å². The number of nitrogens with two attached hydrogens (primary N) is 1. The third kappa shape index (κ3) is 2.83. The first kappa shape index (κ1) is 11.2. The summed E-state index contributed by atoms with van der Waals surface area (Å²) in [4.78, 5) is 4.21. The van der Waals surface area contributed by atoms with Gasteiger partial charge in [0.05, 0.1) is 5.02 Å². The lowest BCUT2D eigenvalue weighted by atomic mass is 9.81. The molecule has 1 aliphatic carbocycles. The number of pyridine rings is 1. The lowest BCUT2D eigenvalue weighted by Gasteiger charge is -2.32. The van der Waals surface area contributed by atoms with Gasteiger partial charge in [-0.05, 0) is 40.8 Å². The van der Waals surface area contributed by atoms with Crippen molar-refractivity contribution in [1.29, 1.82) is 0 Å². The smallest absolute Gasteiger partial charge is 0.144 e. The third-order valence-electron chi connectivity index (χ3n) is 2.64. The number of nitrogens with one attached hydrogen (secondary N) is 1. The quantitative estimate of drug-likeness (QED) is 0.900. The number of hydrogen-bond acceptors (Lipinski definition) is 3. The van der Waals surface area contributed by atoms with E-state index in [1.54, 1.807) is 6.20 Å². The Morgan fingerprint density at radius 3 is 2.93 bits per heavy atom. The van der Waals surface area contributed by atoms with E-state index in [2.05, 4.69) is 26.2 Å². The molecule has 3 nitrogen and oxygen atoms in total. The summed E-state index contributed by atoms with van der Waals surface area (Å²) in [5.74, 6) is 1.42. The monoisotopic (exact) mass is 289 g/mol. The van der Waals surface area contributed by atoms with Crippen LogP contribution in [0.3, 0.4) is 0 Å². The standard InChI is InChI=1S/C10H13BrClN3/c11-7-3-9(12)10(15-5-7)14-4-6-1-8(13)2-6/h3,5-6,8H,1-2,4,13H2,(H,14,15). The van der Waals surface area contributed by atoms with Crippen molar-refractivity contribution in [3.63, 3.8) is 0 Å². The van der Waals surface area contributed by atoms with Gasteiger partial charge >= 0.3 is 0 Å². The van der Waals surface area contributed by atoms with Gasteiger partial charge in [0.1, 0.15) is 5.82 Å². The number of rotatable bonds is 3. The number of halogens is 2. The third-order valence-corrected chi connectivity index (χ3v) is 3.36. The molecular formula is C10H13BrClN3. The van der Waals surface area contributed by atoms with Gasteiger partial charge in [0, 0.05) is 23.3 Å². The molecule has 0 spiro atoms. The molecule has 0 aliphatic heterocycles. The van der Waals surface area contributed by atoms with Gasteiger partial charge in [-0.15, -0.1) is 0 Å². The number of hydrogen-bond donors (Lipinski definition) is 2. The second kappa shape index (κ2) is 4.68. The fourth-order valence-corrected chi connectivity index (χ4v) is 2.44. The zero-order chi connectivity index (χ0) is 10.8. The van der Waals surface area contributed by atoms with Crippen LogP contribution >= 0.6 is 27.5 Å². The molecule has 0 unspecified atom stereocenters. The molecule has 0 amide bonds. The van der Waals surface area contributed by atoms with Gasteiger partial charge in [-0.3, -0.25) is 0 Å². The first-order valence-electron chi connectivity index (χ1n) is 4.95. The molecule has 0 bridgehead atoms. The summed E-state index contributed by atoms with van der Waals surface area (Å²) in [6.07, 6.45) is 3.93. The fourth-order valence-electron chi connectivity index (χ4n) is 1.74. The predicted octanol–water partition coefficient (Wildman–Crippen LogP) is 2.65. The van der Waals surface area contributed by atoms with Gasteiger partial charge < -0.3 is 11.1 Å². The van der Waals surface area contributed by atoms with Gasteiger partial charge in [0.15, 0.2) is 0 Å². The summed E-state index contributed by atoms with van der Waals surface area (Å²) < 4.78 is 0.892. The van der Waals surface area contributed by atoms with Crippen molar-refractivity contribution < 1.29 is 0 Å². The molecule has 1 aromatic rings. The average molecular weight is 291 g/mol. The minimum atomic E-state index is 0.394. The summed E-state index contributed by atoms with van der Waals surface area (Å²) in [5.41, 5.74) is 5.71. The van der Waals surface area contributed by atoms with Crippen LogP contribution in [-0.2, 0) is 0 Å². The molecule has 1 heterocycles. The maximum atomic E-state index is 6.02. The average Bonchev–Trinajstić information content (AvgIpc) is 2.13. The first-order valence-corrected chi connectivity index (χ1v) is 6.12. The van der Waals surface area contributed by atoms with Gasteiger partial charge in [-0.1, -0.05) is 11.6 Å². The molecule has 2 rings (SSSR count). The number of nitrogens with zero attached hydrogens (tertiary/aromatic N) is 1. The maximum absolute atomic E-state index is 6.02. The minimum Gasteiger partial charge on any atom is -0.369 e. The van der Waals surface area contributed by atoms with Crippen molar-refractivity contribution in [2.75, 3.05) is 11.9 Å². The Labute approximate surface area is 103 Å². The van der Waals surface area contributed by atoms with Crippen LogP contribution in [-0.4, -0.2) is 17.6 Å². The van der Waals surface area contributed by atoms with Crippen LogP contribution in [0.25, 0.3) is 0 Å². The zero-order valence-electron chi connectivity index (χ0n) is 8.21. The van der Waals surface area contributed by atoms with E-state index >= 15 is 0 Å². The van der Waals surface area contributed by atoms with Gasteiger partial charge in [-0.25, -0.2) is 4.98 Å². The number of aromatic nitrogens is 1.